The summed E-state index contributed by atoms with van der Waals surface area (Å²) < 4.78 is 32.4. The van der Waals surface area contributed by atoms with Gasteiger partial charge in [0, 0.05) is 5.57 Å². The fourth-order valence-corrected chi connectivity index (χ4v) is 3.56. The minimum absolute atomic E-state index is 0.0952. The summed E-state index contributed by atoms with van der Waals surface area (Å²) in [5.41, 5.74) is 2.58. The van der Waals surface area contributed by atoms with Crippen LogP contribution in [0.5, 0.6) is 28.7 Å². The van der Waals surface area contributed by atoms with Crippen LogP contribution in [0.3, 0.4) is 0 Å². The smallest absolute Gasteiger partial charge is 0.338 e. The van der Waals surface area contributed by atoms with Gasteiger partial charge < -0.3 is 28.4 Å². The Morgan fingerprint density at radius 3 is 2.35 bits per heavy atom. The van der Waals surface area contributed by atoms with Crippen LogP contribution in [0.4, 0.5) is 0 Å². The normalized spacial score (nSPS) is 16.8. The van der Waals surface area contributed by atoms with Crippen LogP contribution in [0.2, 0.25) is 0 Å². The van der Waals surface area contributed by atoms with Crippen LogP contribution in [-0.2, 0) is 14.3 Å². The van der Waals surface area contributed by atoms with E-state index in [-0.39, 0.29) is 25.7 Å². The molecular weight excluding hydrogens is 442 g/mol. The summed E-state index contributed by atoms with van der Waals surface area (Å²) in [5, 5.41) is 0. The molecule has 2 aromatic carbocycles. The number of carbonyl (C=O) groups is 2. The first-order chi connectivity index (χ1) is 16.4. The Morgan fingerprint density at radius 1 is 0.971 bits per heavy atom. The van der Waals surface area contributed by atoms with Crippen molar-refractivity contribution < 1.29 is 38.0 Å². The predicted octanol–water partition coefficient (Wildman–Crippen LogP) is 2.92. The minimum atomic E-state index is -0.457. The zero-order valence-electron chi connectivity index (χ0n) is 19.4. The lowest BCUT2D eigenvalue weighted by Gasteiger charge is -2.15. The maximum Gasteiger partial charge on any atom is 0.338 e. The molecule has 2 heterocycles. The van der Waals surface area contributed by atoms with E-state index in [2.05, 4.69) is 0 Å². The lowest BCUT2D eigenvalue weighted by Crippen LogP contribution is -2.25. The second-order valence-electron chi connectivity index (χ2n) is 7.88. The van der Waals surface area contributed by atoms with Crippen molar-refractivity contribution >= 4 is 24.1 Å². The van der Waals surface area contributed by atoms with E-state index < -0.39 is 11.9 Å². The van der Waals surface area contributed by atoms with Crippen LogP contribution in [-0.4, -0.2) is 65.1 Å². The molecule has 34 heavy (non-hydrogen) atoms. The minimum Gasteiger partial charge on any atom is -0.493 e. The van der Waals surface area contributed by atoms with Gasteiger partial charge in [0.1, 0.15) is 6.61 Å². The van der Waals surface area contributed by atoms with Crippen LogP contribution in [0, 0.1) is 0 Å². The van der Waals surface area contributed by atoms with Gasteiger partial charge in [-0.25, -0.2) is 4.79 Å². The van der Waals surface area contributed by atoms with Crippen LogP contribution >= 0.6 is 0 Å². The molecular formula is C25H25NO8. The number of rotatable bonds is 7. The second-order valence-corrected chi connectivity index (χ2v) is 7.88. The highest BCUT2D eigenvalue weighted by Crippen LogP contribution is 2.40. The highest BCUT2D eigenvalue weighted by molar-refractivity contribution is 6.03. The number of esters is 2. The highest BCUT2D eigenvalue weighted by atomic mass is 16.7. The quantitative estimate of drug-likeness (QED) is 0.346. The first kappa shape index (κ1) is 23.2. The zero-order valence-corrected chi connectivity index (χ0v) is 19.4. The molecule has 0 amide bonds. The molecule has 9 heteroatoms. The van der Waals surface area contributed by atoms with E-state index in [4.69, 9.17) is 28.4 Å². The average Bonchev–Trinajstić information content (AvgIpc) is 3.40. The maximum absolute atomic E-state index is 12.5. The largest absolute Gasteiger partial charge is 0.493 e. The maximum atomic E-state index is 12.5. The number of hydrogen-bond acceptors (Lipinski definition) is 9. The Bertz CT molecular complexity index is 1160. The van der Waals surface area contributed by atoms with Crippen LogP contribution in [0.25, 0.3) is 12.2 Å². The molecule has 1 fully saturated rings. The summed E-state index contributed by atoms with van der Waals surface area (Å²) in [5.74, 6) is 1.20. The molecule has 0 spiro atoms. The number of cyclic esters (lactones) is 1. The molecule has 2 aromatic rings. The van der Waals surface area contributed by atoms with Crippen molar-refractivity contribution in [1.82, 2.24) is 4.90 Å². The number of methoxy groups -OCH3 is 2. The molecule has 0 N–H and O–H groups in total. The first-order valence-corrected chi connectivity index (χ1v) is 10.5. The molecule has 9 nitrogen and oxygen atoms in total. The lowest BCUT2D eigenvalue weighted by atomic mass is 10.0. The second kappa shape index (κ2) is 9.88. The number of hydrogen-bond donors (Lipinski definition) is 0. The highest BCUT2D eigenvalue weighted by Gasteiger charge is 2.26. The van der Waals surface area contributed by atoms with E-state index in [0.29, 0.717) is 39.7 Å². The number of benzene rings is 2. The van der Waals surface area contributed by atoms with E-state index in [9.17, 15) is 9.59 Å². The SMILES string of the molecule is COc1cc(/C=C2\C(=O)OC\C2=C\c2ccc3c(c2)OCO3)cc(OC)c1OC(=O)CN(C)C. The number of fused-ring (bicyclic) bond motifs is 1. The van der Waals surface area contributed by atoms with Gasteiger partial charge in [0.05, 0.1) is 26.3 Å². The van der Waals surface area contributed by atoms with Gasteiger partial charge >= 0.3 is 11.9 Å². The number of carbonyl (C=O) groups excluding carboxylic acids is 2. The summed E-state index contributed by atoms with van der Waals surface area (Å²) in [6.45, 7) is 0.428. The summed E-state index contributed by atoms with van der Waals surface area (Å²) in [4.78, 5) is 26.4. The Hall–Kier alpha value is -3.98. The van der Waals surface area contributed by atoms with Crippen molar-refractivity contribution in [1.29, 1.82) is 0 Å². The Morgan fingerprint density at radius 2 is 1.68 bits per heavy atom. The van der Waals surface area contributed by atoms with Crippen molar-refractivity contribution in [2.45, 2.75) is 0 Å². The molecule has 0 aliphatic carbocycles. The summed E-state index contributed by atoms with van der Waals surface area (Å²) in [6.07, 6.45) is 3.55. The van der Waals surface area contributed by atoms with Gasteiger partial charge in [-0.2, -0.15) is 0 Å². The van der Waals surface area contributed by atoms with Crippen LogP contribution in [0.15, 0.2) is 41.5 Å². The van der Waals surface area contributed by atoms with Crippen molar-refractivity contribution in [3.8, 4) is 28.7 Å². The molecule has 0 bridgehead atoms. The van der Waals surface area contributed by atoms with Gasteiger partial charge in [0.25, 0.3) is 0 Å². The Balaban J connectivity index is 1.67. The van der Waals surface area contributed by atoms with E-state index in [1.807, 2.05) is 24.3 Å². The third-order valence-corrected chi connectivity index (χ3v) is 5.12. The van der Waals surface area contributed by atoms with Gasteiger partial charge in [0.2, 0.25) is 12.5 Å². The topological polar surface area (TPSA) is 92.8 Å². The van der Waals surface area contributed by atoms with Crippen molar-refractivity contribution in [2.75, 3.05) is 48.3 Å². The fourth-order valence-electron chi connectivity index (χ4n) is 3.56. The fraction of sp³-hybridized carbons (Fsp3) is 0.280. The van der Waals surface area contributed by atoms with Crippen LogP contribution in [0.1, 0.15) is 11.1 Å². The van der Waals surface area contributed by atoms with E-state index in [1.165, 1.54) is 14.2 Å². The Kier molecular flexibility index (Phi) is 6.74. The third-order valence-electron chi connectivity index (χ3n) is 5.12. The van der Waals surface area contributed by atoms with Crippen molar-refractivity contribution in [2.24, 2.45) is 0 Å². The predicted molar refractivity (Wildman–Crippen MR) is 123 cm³/mol. The Labute approximate surface area is 197 Å². The first-order valence-electron chi connectivity index (χ1n) is 10.5. The van der Waals surface area contributed by atoms with Gasteiger partial charge in [-0.15, -0.1) is 0 Å². The summed E-state index contributed by atoms with van der Waals surface area (Å²) in [6, 6.07) is 8.87. The molecule has 1 saturated heterocycles. The van der Waals surface area contributed by atoms with Gasteiger partial charge in [-0.05, 0) is 61.6 Å². The van der Waals surface area contributed by atoms with Gasteiger partial charge in [-0.3, -0.25) is 9.69 Å². The molecule has 0 saturated carbocycles. The van der Waals surface area contributed by atoms with Gasteiger partial charge in [-0.1, -0.05) is 6.07 Å². The van der Waals surface area contributed by atoms with Crippen LogP contribution < -0.4 is 23.7 Å². The van der Waals surface area contributed by atoms with E-state index in [1.54, 1.807) is 37.2 Å². The molecule has 0 atom stereocenters. The number of nitrogens with zero attached hydrogens (tertiary/aromatic N) is 1. The number of ether oxygens (including phenoxy) is 6. The van der Waals surface area contributed by atoms with Crippen molar-refractivity contribution in [3.05, 3.63) is 52.6 Å². The lowest BCUT2D eigenvalue weighted by molar-refractivity contribution is -0.136. The van der Waals surface area contributed by atoms with Crippen molar-refractivity contribution in [3.63, 3.8) is 0 Å². The molecule has 178 valence electrons. The van der Waals surface area contributed by atoms with E-state index in [0.717, 1.165) is 5.56 Å². The molecule has 2 aliphatic rings. The average molecular weight is 467 g/mol. The number of likely N-dealkylation sites (N-methyl/N-ethyl adjacent to an activating group) is 1. The monoisotopic (exact) mass is 467 g/mol. The zero-order chi connectivity index (χ0) is 24.2. The summed E-state index contributed by atoms with van der Waals surface area (Å²) >= 11 is 0. The molecule has 0 aromatic heterocycles. The standard InChI is InChI=1S/C25H25NO8/c1-26(2)12-23(27)34-24-21(29-3)10-16(11-22(24)30-4)8-18-17(13-31-25(18)28)7-15-5-6-19-20(9-15)33-14-32-19/h5-11H,12-14H2,1-4H3/b17-7-,18-8-. The van der Waals surface area contributed by atoms with E-state index >= 15 is 0 Å². The molecule has 0 radical (unpaired) electrons. The van der Waals surface area contributed by atoms with Gasteiger partial charge in [0.15, 0.2) is 23.0 Å². The molecule has 0 unspecified atom stereocenters. The summed E-state index contributed by atoms with van der Waals surface area (Å²) in [7, 11) is 6.45. The molecule has 2 aliphatic heterocycles. The molecule has 4 rings (SSSR count). The third kappa shape index (κ3) is 4.99.